The van der Waals surface area contributed by atoms with Crippen LogP contribution in [-0.2, 0) is 11.3 Å². The minimum absolute atomic E-state index is 0.0644. The highest BCUT2D eigenvalue weighted by Gasteiger charge is 2.40. The van der Waals surface area contributed by atoms with E-state index in [1.54, 1.807) is 0 Å². The van der Waals surface area contributed by atoms with Crippen molar-refractivity contribution in [1.82, 2.24) is 0 Å². The molecule has 3 nitrogen and oxygen atoms in total. The summed E-state index contributed by atoms with van der Waals surface area (Å²) < 4.78 is 12.1. The maximum Gasteiger partial charge on any atom is 0.120 e. The first-order chi connectivity index (χ1) is 9.30. The van der Waals surface area contributed by atoms with E-state index >= 15 is 0 Å². The molecule has 1 spiro atoms. The minimum Gasteiger partial charge on any atom is -0.490 e. The van der Waals surface area contributed by atoms with Crippen molar-refractivity contribution in [2.45, 2.75) is 56.8 Å². The molecule has 2 fully saturated rings. The summed E-state index contributed by atoms with van der Waals surface area (Å²) in [7, 11) is 0. The van der Waals surface area contributed by atoms with Crippen LogP contribution in [0.5, 0.6) is 5.75 Å². The van der Waals surface area contributed by atoms with Crippen molar-refractivity contribution < 1.29 is 14.6 Å². The Morgan fingerprint density at radius 1 is 1.32 bits per heavy atom. The van der Waals surface area contributed by atoms with Gasteiger partial charge in [-0.3, -0.25) is 0 Å². The lowest BCUT2D eigenvalue weighted by atomic mass is 9.90. The third kappa shape index (κ3) is 2.93. The zero-order valence-corrected chi connectivity index (χ0v) is 11.3. The van der Waals surface area contributed by atoms with E-state index in [1.165, 1.54) is 25.7 Å². The molecule has 3 rings (SSSR count). The van der Waals surface area contributed by atoms with E-state index in [0.29, 0.717) is 0 Å². The summed E-state index contributed by atoms with van der Waals surface area (Å²) in [5.74, 6) is 0.867. The van der Waals surface area contributed by atoms with Crippen molar-refractivity contribution in [2.24, 2.45) is 0 Å². The lowest BCUT2D eigenvalue weighted by molar-refractivity contribution is -0.108. The molecule has 2 aliphatic rings. The van der Waals surface area contributed by atoms with Gasteiger partial charge in [0, 0.05) is 12.8 Å². The summed E-state index contributed by atoms with van der Waals surface area (Å²) in [4.78, 5) is 0. The van der Waals surface area contributed by atoms with Crippen LogP contribution in [0.25, 0.3) is 0 Å². The molecule has 19 heavy (non-hydrogen) atoms. The van der Waals surface area contributed by atoms with E-state index in [-0.39, 0.29) is 18.3 Å². The fourth-order valence-corrected chi connectivity index (χ4v) is 3.36. The Morgan fingerprint density at radius 3 is 2.95 bits per heavy atom. The molecule has 1 saturated carbocycles. The number of hydrogen-bond donors (Lipinski definition) is 1. The summed E-state index contributed by atoms with van der Waals surface area (Å²) in [6, 6.07) is 7.74. The van der Waals surface area contributed by atoms with Crippen LogP contribution in [0.2, 0.25) is 0 Å². The van der Waals surface area contributed by atoms with Gasteiger partial charge in [0.25, 0.3) is 0 Å². The van der Waals surface area contributed by atoms with Crippen LogP contribution in [0.4, 0.5) is 0 Å². The van der Waals surface area contributed by atoms with E-state index in [1.807, 2.05) is 24.3 Å². The van der Waals surface area contributed by atoms with Gasteiger partial charge in [-0.1, -0.05) is 25.0 Å². The van der Waals surface area contributed by atoms with Crippen molar-refractivity contribution in [3.8, 4) is 5.75 Å². The number of hydrogen-bond acceptors (Lipinski definition) is 3. The Bertz CT molecular complexity index is 424. The van der Waals surface area contributed by atoms with Gasteiger partial charge >= 0.3 is 0 Å². The number of benzene rings is 1. The summed E-state index contributed by atoms with van der Waals surface area (Å²) in [5, 5.41) is 9.16. The second-order valence-corrected chi connectivity index (χ2v) is 5.78. The van der Waals surface area contributed by atoms with Gasteiger partial charge in [-0.25, -0.2) is 0 Å². The van der Waals surface area contributed by atoms with Gasteiger partial charge < -0.3 is 14.6 Å². The Morgan fingerprint density at radius 2 is 2.16 bits per heavy atom. The zero-order valence-electron chi connectivity index (χ0n) is 11.3. The lowest BCUT2D eigenvalue weighted by Gasteiger charge is -2.38. The smallest absolute Gasteiger partial charge is 0.120 e. The summed E-state index contributed by atoms with van der Waals surface area (Å²) in [6.07, 6.45) is 7.16. The van der Waals surface area contributed by atoms with Crippen molar-refractivity contribution in [3.63, 3.8) is 0 Å². The van der Waals surface area contributed by atoms with Crippen molar-refractivity contribution in [3.05, 3.63) is 29.8 Å². The third-order valence-corrected chi connectivity index (χ3v) is 4.35. The number of aliphatic hydroxyl groups excluding tert-OH is 1. The van der Waals surface area contributed by atoms with Crippen LogP contribution < -0.4 is 4.74 Å². The van der Waals surface area contributed by atoms with Gasteiger partial charge in [0.1, 0.15) is 11.9 Å². The quantitative estimate of drug-likeness (QED) is 0.910. The van der Waals surface area contributed by atoms with Crippen LogP contribution >= 0.6 is 0 Å². The molecule has 3 heteroatoms. The van der Waals surface area contributed by atoms with Crippen LogP contribution in [-0.4, -0.2) is 23.4 Å². The van der Waals surface area contributed by atoms with E-state index < -0.39 is 0 Å². The van der Waals surface area contributed by atoms with Crippen molar-refractivity contribution >= 4 is 0 Å². The molecule has 1 aromatic rings. The first-order valence-electron chi connectivity index (χ1n) is 7.30. The predicted octanol–water partition coefficient (Wildman–Crippen LogP) is 3.05. The second-order valence-electron chi connectivity index (χ2n) is 5.78. The topological polar surface area (TPSA) is 38.7 Å². The van der Waals surface area contributed by atoms with E-state index in [2.05, 4.69) is 0 Å². The van der Waals surface area contributed by atoms with Gasteiger partial charge in [-0.05, 0) is 30.5 Å². The van der Waals surface area contributed by atoms with Gasteiger partial charge in [-0.2, -0.15) is 0 Å². The Balaban J connectivity index is 1.65. The molecule has 1 aliphatic carbocycles. The maximum absolute atomic E-state index is 9.16. The molecule has 1 saturated heterocycles. The fourth-order valence-electron chi connectivity index (χ4n) is 3.36. The molecule has 1 aliphatic heterocycles. The minimum atomic E-state index is 0.0644. The third-order valence-electron chi connectivity index (χ3n) is 4.35. The summed E-state index contributed by atoms with van der Waals surface area (Å²) in [5.41, 5.74) is 0.998. The van der Waals surface area contributed by atoms with Crippen molar-refractivity contribution in [1.29, 1.82) is 0 Å². The fraction of sp³-hybridized carbons (Fsp3) is 0.625. The molecular formula is C16H22O3. The molecule has 104 valence electrons. The first-order valence-corrected chi connectivity index (χ1v) is 7.30. The highest BCUT2D eigenvalue weighted by Crippen LogP contribution is 2.40. The van der Waals surface area contributed by atoms with E-state index in [0.717, 1.165) is 30.8 Å². The average Bonchev–Trinajstić information content (AvgIpc) is 2.87. The number of ether oxygens (including phenoxy) is 2. The van der Waals surface area contributed by atoms with Gasteiger partial charge in [0.05, 0.1) is 18.8 Å². The Labute approximate surface area is 114 Å². The molecule has 1 heterocycles. The van der Waals surface area contributed by atoms with Gasteiger partial charge in [0.2, 0.25) is 0 Å². The highest BCUT2D eigenvalue weighted by molar-refractivity contribution is 5.28. The van der Waals surface area contributed by atoms with E-state index in [4.69, 9.17) is 14.6 Å². The van der Waals surface area contributed by atoms with Crippen LogP contribution in [0.15, 0.2) is 24.3 Å². The SMILES string of the molecule is OCc1cccc(OC2CCOC3(CCCC3)C2)c1. The average molecular weight is 262 g/mol. The molecule has 0 radical (unpaired) electrons. The summed E-state index contributed by atoms with van der Waals surface area (Å²) >= 11 is 0. The van der Waals surface area contributed by atoms with Crippen LogP contribution in [0.1, 0.15) is 44.1 Å². The molecule has 1 aromatic carbocycles. The first kappa shape index (κ1) is 12.9. The van der Waals surface area contributed by atoms with Crippen LogP contribution in [0, 0.1) is 0 Å². The van der Waals surface area contributed by atoms with Crippen LogP contribution in [0.3, 0.4) is 0 Å². The monoisotopic (exact) mass is 262 g/mol. The lowest BCUT2D eigenvalue weighted by Crippen LogP contribution is -2.41. The molecular weight excluding hydrogens is 240 g/mol. The number of aliphatic hydroxyl groups is 1. The van der Waals surface area contributed by atoms with E-state index in [9.17, 15) is 0 Å². The Hall–Kier alpha value is -1.06. The highest BCUT2D eigenvalue weighted by atomic mass is 16.5. The molecule has 1 unspecified atom stereocenters. The molecule has 0 aromatic heterocycles. The molecule has 1 N–H and O–H groups in total. The largest absolute Gasteiger partial charge is 0.490 e. The normalized spacial score (nSPS) is 25.6. The molecule has 0 amide bonds. The van der Waals surface area contributed by atoms with Gasteiger partial charge in [-0.15, -0.1) is 0 Å². The zero-order chi connectivity index (χ0) is 13.1. The molecule has 0 bridgehead atoms. The number of rotatable bonds is 3. The Kier molecular flexibility index (Phi) is 3.76. The van der Waals surface area contributed by atoms with Gasteiger partial charge in [0.15, 0.2) is 0 Å². The van der Waals surface area contributed by atoms with Crippen molar-refractivity contribution in [2.75, 3.05) is 6.61 Å². The summed E-state index contributed by atoms with van der Waals surface area (Å²) in [6.45, 7) is 0.874. The standard InChI is InChI=1S/C16H22O3/c17-12-13-4-3-5-14(10-13)19-15-6-9-18-16(11-15)7-1-2-8-16/h3-5,10,15,17H,1-2,6-9,11-12H2. The maximum atomic E-state index is 9.16. The second kappa shape index (κ2) is 5.51. The molecule has 1 atom stereocenters. The predicted molar refractivity (Wildman–Crippen MR) is 73.2 cm³/mol.